The van der Waals surface area contributed by atoms with E-state index in [4.69, 9.17) is 9.72 Å². The van der Waals surface area contributed by atoms with Crippen LogP contribution in [0.4, 0.5) is 0 Å². The van der Waals surface area contributed by atoms with Gasteiger partial charge in [-0.1, -0.05) is 48.5 Å². The maximum Gasteiger partial charge on any atom is 0.264 e. The smallest absolute Gasteiger partial charge is 0.264 e. The fraction of sp³-hybridized carbons (Fsp3) is 0.304. The second-order valence-electron chi connectivity index (χ2n) is 7.53. The molecule has 2 aromatic carbocycles. The molecule has 3 aromatic rings. The highest BCUT2D eigenvalue weighted by atomic mass is 32.1. The minimum atomic E-state index is -0.370. The Kier molecular flexibility index (Phi) is 5.04. The zero-order valence-electron chi connectivity index (χ0n) is 16.2. The first kappa shape index (κ1) is 18.3. The summed E-state index contributed by atoms with van der Waals surface area (Å²) in [4.78, 5) is 22.0. The van der Waals surface area contributed by atoms with E-state index in [9.17, 15) is 4.79 Å². The van der Waals surface area contributed by atoms with Crippen molar-refractivity contribution in [2.45, 2.75) is 19.1 Å². The molecule has 1 aromatic heterocycles. The fourth-order valence-electron chi connectivity index (χ4n) is 3.97. The molecule has 0 saturated carbocycles. The average Bonchev–Trinajstić information content (AvgIpc) is 3.41. The highest BCUT2D eigenvalue weighted by Gasteiger charge is 2.33. The van der Waals surface area contributed by atoms with Crippen LogP contribution in [0.2, 0.25) is 0 Å². The van der Waals surface area contributed by atoms with E-state index in [1.807, 2.05) is 47.4 Å². The molecule has 0 unspecified atom stereocenters. The zero-order valence-corrected chi connectivity index (χ0v) is 17.0. The number of thiazole rings is 1. The van der Waals surface area contributed by atoms with Crippen LogP contribution in [0.3, 0.4) is 0 Å². The molecular formula is C23H23N3O2S. The number of rotatable bonds is 4. The zero-order chi connectivity index (χ0) is 19.6. The monoisotopic (exact) mass is 405 g/mol. The van der Waals surface area contributed by atoms with Gasteiger partial charge >= 0.3 is 0 Å². The first-order chi connectivity index (χ1) is 14.3. The van der Waals surface area contributed by atoms with Gasteiger partial charge in [0.05, 0.1) is 5.69 Å². The van der Waals surface area contributed by atoms with Gasteiger partial charge in [-0.15, -0.1) is 11.3 Å². The van der Waals surface area contributed by atoms with Gasteiger partial charge in [-0.2, -0.15) is 0 Å². The SMILES string of the molecule is O=C([C@@H]1Cc2ccccc2O1)N1CCN(Cc2csc(-c3ccccc3)n2)CC1. The molecule has 1 fully saturated rings. The molecular weight excluding hydrogens is 382 g/mol. The van der Waals surface area contributed by atoms with Crippen molar-refractivity contribution in [3.05, 3.63) is 71.2 Å². The van der Waals surface area contributed by atoms with E-state index in [1.165, 1.54) is 0 Å². The molecule has 2 aliphatic heterocycles. The molecule has 2 aliphatic rings. The number of nitrogens with zero attached hydrogens (tertiary/aromatic N) is 3. The number of hydrogen-bond acceptors (Lipinski definition) is 5. The van der Waals surface area contributed by atoms with Gasteiger partial charge in [0.25, 0.3) is 5.91 Å². The molecule has 5 rings (SSSR count). The Morgan fingerprint density at radius 1 is 1.03 bits per heavy atom. The molecule has 0 bridgehead atoms. The fourth-order valence-corrected chi connectivity index (χ4v) is 4.79. The first-order valence-electron chi connectivity index (χ1n) is 10.0. The Morgan fingerprint density at radius 2 is 1.79 bits per heavy atom. The summed E-state index contributed by atoms with van der Waals surface area (Å²) >= 11 is 1.69. The van der Waals surface area contributed by atoms with Crippen LogP contribution in [0.5, 0.6) is 5.75 Å². The van der Waals surface area contributed by atoms with Crippen molar-refractivity contribution in [3.8, 4) is 16.3 Å². The Morgan fingerprint density at radius 3 is 2.59 bits per heavy atom. The number of piperazine rings is 1. The lowest BCUT2D eigenvalue weighted by molar-refractivity contribution is -0.139. The van der Waals surface area contributed by atoms with Gasteiger partial charge in [-0.05, 0) is 11.6 Å². The summed E-state index contributed by atoms with van der Waals surface area (Å²) in [6.07, 6.45) is 0.307. The summed E-state index contributed by atoms with van der Waals surface area (Å²) < 4.78 is 5.88. The molecule has 29 heavy (non-hydrogen) atoms. The van der Waals surface area contributed by atoms with Crippen LogP contribution in [0.25, 0.3) is 10.6 Å². The minimum absolute atomic E-state index is 0.112. The molecule has 1 atom stereocenters. The summed E-state index contributed by atoms with van der Waals surface area (Å²) in [6.45, 7) is 4.04. The van der Waals surface area contributed by atoms with Gasteiger partial charge in [0.2, 0.25) is 0 Å². The normalized spacial score (nSPS) is 19.0. The Bertz CT molecular complexity index is 971. The highest BCUT2D eigenvalue weighted by molar-refractivity contribution is 7.13. The molecule has 1 saturated heterocycles. The van der Waals surface area contributed by atoms with Gasteiger partial charge in [-0.25, -0.2) is 4.98 Å². The summed E-state index contributed by atoms with van der Waals surface area (Å²) in [7, 11) is 0. The van der Waals surface area contributed by atoms with Gasteiger partial charge in [0.15, 0.2) is 6.10 Å². The van der Waals surface area contributed by atoms with Crippen LogP contribution >= 0.6 is 11.3 Å². The van der Waals surface area contributed by atoms with E-state index < -0.39 is 0 Å². The highest BCUT2D eigenvalue weighted by Crippen LogP contribution is 2.29. The van der Waals surface area contributed by atoms with Crippen LogP contribution < -0.4 is 4.74 Å². The quantitative estimate of drug-likeness (QED) is 0.667. The predicted molar refractivity (Wildman–Crippen MR) is 114 cm³/mol. The lowest BCUT2D eigenvalue weighted by Crippen LogP contribution is -2.51. The molecule has 148 valence electrons. The Balaban J connectivity index is 1.14. The largest absolute Gasteiger partial charge is 0.480 e. The third kappa shape index (κ3) is 3.91. The Labute approximate surface area is 174 Å². The number of fused-ring (bicyclic) bond motifs is 1. The number of ether oxygens (including phenoxy) is 1. The van der Waals surface area contributed by atoms with E-state index in [2.05, 4.69) is 22.4 Å². The minimum Gasteiger partial charge on any atom is -0.480 e. The van der Waals surface area contributed by atoms with Crippen LogP contribution in [0, 0.1) is 0 Å². The van der Waals surface area contributed by atoms with Gasteiger partial charge in [0.1, 0.15) is 10.8 Å². The maximum atomic E-state index is 12.9. The summed E-state index contributed by atoms with van der Waals surface area (Å²) in [5.41, 5.74) is 3.39. The molecule has 0 radical (unpaired) electrons. The summed E-state index contributed by atoms with van der Waals surface area (Å²) in [5.74, 6) is 0.961. The summed E-state index contributed by atoms with van der Waals surface area (Å²) in [5, 5.41) is 3.20. The van der Waals surface area contributed by atoms with E-state index in [-0.39, 0.29) is 12.0 Å². The molecule has 1 amide bonds. The predicted octanol–water partition coefficient (Wildman–Crippen LogP) is 3.46. The number of carbonyl (C=O) groups excluding carboxylic acids is 1. The molecule has 6 heteroatoms. The van der Waals surface area contributed by atoms with E-state index in [1.54, 1.807) is 11.3 Å². The van der Waals surface area contributed by atoms with Gasteiger partial charge in [-0.3, -0.25) is 9.69 Å². The maximum absolute atomic E-state index is 12.9. The van der Waals surface area contributed by atoms with Crippen LogP contribution in [-0.2, 0) is 17.8 Å². The van der Waals surface area contributed by atoms with E-state index in [0.717, 1.165) is 60.3 Å². The molecule has 0 N–H and O–H groups in total. The van der Waals surface area contributed by atoms with Gasteiger partial charge in [0, 0.05) is 50.1 Å². The number of hydrogen-bond donors (Lipinski definition) is 0. The first-order valence-corrected chi connectivity index (χ1v) is 10.9. The number of carbonyl (C=O) groups is 1. The Hall–Kier alpha value is -2.70. The van der Waals surface area contributed by atoms with Crippen molar-refractivity contribution in [2.24, 2.45) is 0 Å². The van der Waals surface area contributed by atoms with Crippen LogP contribution in [-0.4, -0.2) is 53.0 Å². The molecule has 0 spiro atoms. The molecule has 5 nitrogen and oxygen atoms in total. The lowest BCUT2D eigenvalue weighted by Gasteiger charge is -2.35. The number of aromatic nitrogens is 1. The van der Waals surface area contributed by atoms with Crippen molar-refractivity contribution in [1.29, 1.82) is 0 Å². The van der Waals surface area contributed by atoms with Crippen molar-refractivity contribution < 1.29 is 9.53 Å². The molecule has 3 heterocycles. The number of amides is 1. The van der Waals surface area contributed by atoms with E-state index >= 15 is 0 Å². The van der Waals surface area contributed by atoms with E-state index in [0.29, 0.717) is 6.42 Å². The standard InChI is InChI=1S/C23H23N3O2S/c27-23(21-14-18-8-4-5-9-20(18)28-21)26-12-10-25(11-13-26)15-19-16-29-22(24-19)17-6-2-1-3-7-17/h1-9,16,21H,10-15H2/t21-/m0/s1. The number of para-hydroxylation sites is 1. The van der Waals surface area contributed by atoms with Crippen molar-refractivity contribution in [3.63, 3.8) is 0 Å². The lowest BCUT2D eigenvalue weighted by atomic mass is 10.1. The second-order valence-corrected chi connectivity index (χ2v) is 8.39. The van der Waals surface area contributed by atoms with Crippen molar-refractivity contribution in [2.75, 3.05) is 26.2 Å². The van der Waals surface area contributed by atoms with Crippen LogP contribution in [0.1, 0.15) is 11.3 Å². The second kappa shape index (κ2) is 7.97. The topological polar surface area (TPSA) is 45.7 Å². The third-order valence-electron chi connectivity index (χ3n) is 5.56. The van der Waals surface area contributed by atoms with Gasteiger partial charge < -0.3 is 9.64 Å². The molecule has 0 aliphatic carbocycles. The third-order valence-corrected chi connectivity index (χ3v) is 6.50. The average molecular weight is 406 g/mol. The van der Waals surface area contributed by atoms with Crippen LogP contribution in [0.15, 0.2) is 60.0 Å². The number of benzene rings is 2. The van der Waals surface area contributed by atoms with Crippen molar-refractivity contribution in [1.82, 2.24) is 14.8 Å². The van der Waals surface area contributed by atoms with Crippen molar-refractivity contribution >= 4 is 17.2 Å². The summed E-state index contributed by atoms with van der Waals surface area (Å²) in [6, 6.07) is 18.2.